The van der Waals surface area contributed by atoms with Crippen LogP contribution in [0, 0.1) is 0 Å². The van der Waals surface area contributed by atoms with Crippen LogP contribution in [0.3, 0.4) is 0 Å². The van der Waals surface area contributed by atoms with Gasteiger partial charge >= 0.3 is 0 Å². The Kier molecular flexibility index (Phi) is 4.29. The maximum absolute atomic E-state index is 11.4. The molecular formula is C8H15NOS2. The normalized spacial score (nSPS) is 25.7. The first-order valence-electron chi connectivity index (χ1n) is 4.30. The fourth-order valence-electron chi connectivity index (χ4n) is 1.22. The van der Waals surface area contributed by atoms with Crippen molar-refractivity contribution >= 4 is 27.5 Å². The summed E-state index contributed by atoms with van der Waals surface area (Å²) in [6.07, 6.45) is 1.06. The van der Waals surface area contributed by atoms with Gasteiger partial charge in [0.15, 0.2) is 0 Å². The zero-order valence-corrected chi connectivity index (χ0v) is 9.21. The van der Waals surface area contributed by atoms with Gasteiger partial charge in [-0.25, -0.2) is 0 Å². The van der Waals surface area contributed by atoms with Gasteiger partial charge < -0.3 is 4.90 Å². The summed E-state index contributed by atoms with van der Waals surface area (Å²) in [5, 5.41) is 0.577. The molecule has 0 aromatic heterocycles. The quantitative estimate of drug-likeness (QED) is 0.643. The van der Waals surface area contributed by atoms with Crippen molar-refractivity contribution < 1.29 is 4.79 Å². The van der Waals surface area contributed by atoms with Crippen molar-refractivity contribution in [1.82, 2.24) is 4.90 Å². The van der Waals surface area contributed by atoms with E-state index in [0.29, 0.717) is 16.9 Å². The van der Waals surface area contributed by atoms with Gasteiger partial charge in [-0.1, -0.05) is 35.4 Å². The van der Waals surface area contributed by atoms with Crippen LogP contribution in [0.4, 0.5) is 0 Å². The molecule has 1 amide bonds. The highest BCUT2D eigenvalue weighted by molar-refractivity contribution is 8.77. The Labute approximate surface area is 81.9 Å². The monoisotopic (exact) mass is 205 g/mol. The van der Waals surface area contributed by atoms with E-state index in [9.17, 15) is 4.79 Å². The molecule has 0 bridgehead atoms. The molecule has 1 fully saturated rings. The van der Waals surface area contributed by atoms with Crippen molar-refractivity contribution in [3.8, 4) is 0 Å². The molecule has 12 heavy (non-hydrogen) atoms. The van der Waals surface area contributed by atoms with Gasteiger partial charge in [0.1, 0.15) is 0 Å². The summed E-state index contributed by atoms with van der Waals surface area (Å²) < 4.78 is 0. The van der Waals surface area contributed by atoms with Gasteiger partial charge in [0, 0.05) is 18.3 Å². The highest BCUT2D eigenvalue weighted by atomic mass is 33.1. The van der Waals surface area contributed by atoms with Gasteiger partial charge in [-0.3, -0.25) is 4.79 Å². The second kappa shape index (κ2) is 5.02. The standard InChI is InChI=1S/C8H15NOS2/c1-3-4-9-5-7(2)12-11-6-8(9)10/h7H,3-6H2,1-2H3. The van der Waals surface area contributed by atoms with E-state index in [0.717, 1.165) is 19.5 Å². The van der Waals surface area contributed by atoms with E-state index in [1.807, 2.05) is 15.7 Å². The Morgan fingerprint density at radius 2 is 2.42 bits per heavy atom. The van der Waals surface area contributed by atoms with Crippen molar-refractivity contribution in [3.05, 3.63) is 0 Å². The molecule has 0 saturated carbocycles. The topological polar surface area (TPSA) is 20.3 Å². The van der Waals surface area contributed by atoms with E-state index in [1.54, 1.807) is 10.8 Å². The second-order valence-electron chi connectivity index (χ2n) is 3.01. The second-order valence-corrected chi connectivity index (χ2v) is 5.81. The molecule has 1 aliphatic rings. The fraction of sp³-hybridized carbons (Fsp3) is 0.875. The molecule has 2 nitrogen and oxygen atoms in total. The van der Waals surface area contributed by atoms with E-state index in [1.165, 1.54) is 0 Å². The molecule has 0 spiro atoms. The molecule has 1 rings (SSSR count). The van der Waals surface area contributed by atoms with Crippen LogP contribution < -0.4 is 0 Å². The lowest BCUT2D eigenvalue weighted by molar-refractivity contribution is -0.128. The van der Waals surface area contributed by atoms with Gasteiger partial charge in [0.05, 0.1) is 5.75 Å². The molecule has 0 radical (unpaired) electrons. The van der Waals surface area contributed by atoms with Gasteiger partial charge in [-0.15, -0.1) is 0 Å². The van der Waals surface area contributed by atoms with Crippen molar-refractivity contribution in [2.24, 2.45) is 0 Å². The summed E-state index contributed by atoms with van der Waals surface area (Å²) in [7, 11) is 3.51. The van der Waals surface area contributed by atoms with Crippen LogP contribution in [0.5, 0.6) is 0 Å². The lowest BCUT2D eigenvalue weighted by Gasteiger charge is -2.20. The third kappa shape index (κ3) is 2.90. The van der Waals surface area contributed by atoms with E-state index < -0.39 is 0 Å². The Bertz CT molecular complexity index is 163. The minimum atomic E-state index is 0.304. The molecule has 0 aromatic rings. The Morgan fingerprint density at radius 1 is 1.67 bits per heavy atom. The van der Waals surface area contributed by atoms with Crippen LogP contribution in [-0.4, -0.2) is 34.9 Å². The molecule has 1 unspecified atom stereocenters. The van der Waals surface area contributed by atoms with Crippen molar-refractivity contribution in [3.63, 3.8) is 0 Å². The molecule has 4 heteroatoms. The predicted octanol–water partition coefficient (Wildman–Crippen LogP) is 2.01. The van der Waals surface area contributed by atoms with Crippen molar-refractivity contribution in [1.29, 1.82) is 0 Å². The minimum absolute atomic E-state index is 0.304. The lowest BCUT2D eigenvalue weighted by Crippen LogP contribution is -2.35. The number of hydrogen-bond donors (Lipinski definition) is 0. The van der Waals surface area contributed by atoms with E-state index >= 15 is 0 Å². The zero-order chi connectivity index (χ0) is 8.97. The van der Waals surface area contributed by atoms with Crippen molar-refractivity contribution in [2.45, 2.75) is 25.5 Å². The summed E-state index contributed by atoms with van der Waals surface area (Å²) in [5.74, 6) is 0.952. The largest absolute Gasteiger partial charge is 0.341 e. The number of rotatable bonds is 2. The lowest BCUT2D eigenvalue weighted by atomic mass is 10.3. The summed E-state index contributed by atoms with van der Waals surface area (Å²) >= 11 is 0. The third-order valence-corrected chi connectivity index (χ3v) is 4.46. The van der Waals surface area contributed by atoms with Crippen LogP contribution >= 0.6 is 21.6 Å². The Hall–Kier alpha value is 0.170. The summed E-state index contributed by atoms with van der Waals surface area (Å²) in [5.41, 5.74) is 0. The van der Waals surface area contributed by atoms with Crippen LogP contribution in [0.15, 0.2) is 0 Å². The van der Waals surface area contributed by atoms with E-state index in [4.69, 9.17) is 0 Å². The Morgan fingerprint density at radius 3 is 3.08 bits per heavy atom. The SMILES string of the molecule is CCCN1CC(C)SSCC1=O. The smallest absolute Gasteiger partial charge is 0.233 e. The van der Waals surface area contributed by atoms with Crippen LogP contribution in [0.25, 0.3) is 0 Å². The van der Waals surface area contributed by atoms with Gasteiger partial charge in [-0.2, -0.15) is 0 Å². The Balaban J connectivity index is 2.48. The molecule has 0 N–H and O–H groups in total. The number of carbonyl (C=O) groups is 1. The maximum atomic E-state index is 11.4. The summed E-state index contributed by atoms with van der Waals surface area (Å²) in [6, 6.07) is 0. The molecule has 70 valence electrons. The molecule has 1 atom stereocenters. The van der Waals surface area contributed by atoms with E-state index in [2.05, 4.69) is 13.8 Å². The summed E-state index contributed by atoms with van der Waals surface area (Å²) in [4.78, 5) is 13.4. The van der Waals surface area contributed by atoms with Gasteiger partial charge in [-0.05, 0) is 6.42 Å². The molecule has 0 aliphatic carbocycles. The first kappa shape index (κ1) is 10.3. The number of amides is 1. The number of carbonyl (C=O) groups excluding carboxylic acids is 1. The highest BCUT2D eigenvalue weighted by Crippen LogP contribution is 2.30. The molecular weight excluding hydrogens is 190 g/mol. The minimum Gasteiger partial charge on any atom is -0.341 e. The molecule has 1 heterocycles. The summed E-state index contributed by atoms with van der Waals surface area (Å²) in [6.45, 7) is 6.14. The van der Waals surface area contributed by atoms with Crippen LogP contribution in [-0.2, 0) is 4.79 Å². The fourth-order valence-corrected chi connectivity index (χ4v) is 3.43. The first-order valence-corrected chi connectivity index (χ1v) is 6.68. The average molecular weight is 205 g/mol. The zero-order valence-electron chi connectivity index (χ0n) is 7.58. The highest BCUT2D eigenvalue weighted by Gasteiger charge is 2.20. The van der Waals surface area contributed by atoms with Gasteiger partial charge in [0.25, 0.3) is 0 Å². The first-order chi connectivity index (χ1) is 5.74. The third-order valence-electron chi connectivity index (χ3n) is 1.74. The molecule has 1 aliphatic heterocycles. The van der Waals surface area contributed by atoms with Crippen molar-refractivity contribution in [2.75, 3.05) is 18.8 Å². The van der Waals surface area contributed by atoms with Crippen LogP contribution in [0.1, 0.15) is 20.3 Å². The maximum Gasteiger partial charge on any atom is 0.233 e. The molecule has 1 saturated heterocycles. The number of hydrogen-bond acceptors (Lipinski definition) is 3. The predicted molar refractivity (Wildman–Crippen MR) is 56.4 cm³/mol. The number of nitrogens with zero attached hydrogens (tertiary/aromatic N) is 1. The molecule has 0 aromatic carbocycles. The average Bonchev–Trinajstić information content (AvgIpc) is 2.16. The van der Waals surface area contributed by atoms with E-state index in [-0.39, 0.29) is 0 Å². The van der Waals surface area contributed by atoms with Crippen LogP contribution in [0.2, 0.25) is 0 Å². The van der Waals surface area contributed by atoms with Gasteiger partial charge in [0.2, 0.25) is 5.91 Å².